The average Bonchev–Trinajstić information content (AvgIpc) is 3.56. The van der Waals surface area contributed by atoms with Crippen LogP contribution in [0.5, 0.6) is 0 Å². The summed E-state index contributed by atoms with van der Waals surface area (Å²) in [5.74, 6) is 0.607. The lowest BCUT2D eigenvalue weighted by Crippen LogP contribution is -2.41. The highest BCUT2D eigenvalue weighted by atomic mass is 28.4. The third kappa shape index (κ3) is 4.09. The molecule has 6 rings (SSSR count). The van der Waals surface area contributed by atoms with E-state index in [-0.39, 0.29) is 5.04 Å². The van der Waals surface area contributed by atoms with Gasteiger partial charge in [0.2, 0.25) is 0 Å². The zero-order valence-electron chi connectivity index (χ0n) is 23.3. The van der Waals surface area contributed by atoms with Crippen molar-refractivity contribution in [3.05, 3.63) is 60.4 Å². The molecular formula is C31H39N5OSi. The van der Waals surface area contributed by atoms with E-state index in [0.29, 0.717) is 5.82 Å². The third-order valence-corrected chi connectivity index (χ3v) is 13.3. The van der Waals surface area contributed by atoms with Gasteiger partial charge in [0.1, 0.15) is 11.5 Å². The molecule has 38 heavy (non-hydrogen) atoms. The second-order valence-corrected chi connectivity index (χ2v) is 17.0. The van der Waals surface area contributed by atoms with E-state index in [4.69, 9.17) is 15.3 Å². The van der Waals surface area contributed by atoms with Gasteiger partial charge in [0.05, 0.1) is 11.1 Å². The van der Waals surface area contributed by atoms with Crippen molar-refractivity contribution in [1.82, 2.24) is 19.3 Å². The first-order chi connectivity index (χ1) is 18.2. The van der Waals surface area contributed by atoms with Crippen LogP contribution in [0, 0.1) is 0 Å². The van der Waals surface area contributed by atoms with Gasteiger partial charge in [-0.05, 0) is 49.0 Å². The monoisotopic (exact) mass is 525 g/mol. The van der Waals surface area contributed by atoms with Crippen LogP contribution in [-0.2, 0) is 23.9 Å². The van der Waals surface area contributed by atoms with Gasteiger partial charge in [-0.3, -0.25) is 5.10 Å². The molecule has 7 heteroatoms. The number of benzene rings is 2. The average molecular weight is 526 g/mol. The standard InChI is InChI=1S/C31H39N5OSi/c1-31(2,3)38(4,5)37-18-10-17-35-19-24(22-13-6-7-15-26(22)35)27-28(33-34-30(27)32)25-20-36-16-9-12-21-11-8-14-23(25)29(21)36/h6-8,11,13-15,19-20H,9-10,12,16-18H2,1-5H3,(H3,32,33,34). The van der Waals surface area contributed by atoms with Gasteiger partial charge in [0.25, 0.3) is 0 Å². The van der Waals surface area contributed by atoms with E-state index in [1.54, 1.807) is 0 Å². The molecule has 4 heterocycles. The molecule has 0 bridgehead atoms. The Morgan fingerprint density at radius 2 is 1.82 bits per heavy atom. The van der Waals surface area contributed by atoms with E-state index in [0.717, 1.165) is 54.9 Å². The number of hydrogen-bond donors (Lipinski definition) is 2. The summed E-state index contributed by atoms with van der Waals surface area (Å²) < 4.78 is 11.2. The van der Waals surface area contributed by atoms with Gasteiger partial charge < -0.3 is 19.3 Å². The van der Waals surface area contributed by atoms with E-state index in [2.05, 4.69) is 103 Å². The van der Waals surface area contributed by atoms with E-state index in [1.807, 2.05) is 0 Å². The van der Waals surface area contributed by atoms with Crippen LogP contribution in [0.25, 0.3) is 44.2 Å². The number of anilines is 1. The number of aromatic nitrogens is 4. The number of para-hydroxylation sites is 2. The molecule has 0 atom stereocenters. The molecule has 0 radical (unpaired) electrons. The summed E-state index contributed by atoms with van der Waals surface area (Å²) in [6.45, 7) is 14.2. The number of hydrogen-bond acceptors (Lipinski definition) is 3. The van der Waals surface area contributed by atoms with Gasteiger partial charge in [-0.1, -0.05) is 57.2 Å². The normalized spacial score (nSPS) is 14.1. The lowest BCUT2D eigenvalue weighted by molar-refractivity contribution is 0.276. The van der Waals surface area contributed by atoms with Crippen molar-refractivity contribution in [3.8, 4) is 22.4 Å². The molecule has 5 aromatic rings. The second kappa shape index (κ2) is 9.17. The highest BCUT2D eigenvalue weighted by Gasteiger charge is 2.36. The fourth-order valence-electron chi connectivity index (χ4n) is 5.68. The number of nitrogens with two attached hydrogens (primary N) is 1. The minimum absolute atomic E-state index is 0.221. The van der Waals surface area contributed by atoms with Gasteiger partial charge in [-0.2, -0.15) is 5.10 Å². The highest BCUT2D eigenvalue weighted by molar-refractivity contribution is 6.74. The number of fused-ring (bicyclic) bond motifs is 1. The molecule has 3 N–H and O–H groups in total. The predicted octanol–water partition coefficient (Wildman–Crippen LogP) is 7.59. The first kappa shape index (κ1) is 25.0. The van der Waals surface area contributed by atoms with Crippen molar-refractivity contribution >= 4 is 35.9 Å². The maximum Gasteiger partial charge on any atom is 0.191 e. The van der Waals surface area contributed by atoms with Crippen LogP contribution in [0.4, 0.5) is 5.82 Å². The largest absolute Gasteiger partial charge is 0.417 e. The van der Waals surface area contributed by atoms with Crippen LogP contribution in [0.2, 0.25) is 18.1 Å². The number of rotatable bonds is 7. The Labute approximate surface area is 225 Å². The number of nitrogen functional groups attached to an aromatic ring is 1. The van der Waals surface area contributed by atoms with E-state index < -0.39 is 8.32 Å². The van der Waals surface area contributed by atoms with Crippen molar-refractivity contribution < 1.29 is 4.43 Å². The molecule has 2 aromatic carbocycles. The zero-order valence-corrected chi connectivity index (χ0v) is 24.3. The molecule has 0 saturated heterocycles. The van der Waals surface area contributed by atoms with Gasteiger partial charge in [0, 0.05) is 59.5 Å². The van der Waals surface area contributed by atoms with Gasteiger partial charge >= 0.3 is 0 Å². The molecule has 6 nitrogen and oxygen atoms in total. The number of H-pyrrole nitrogens is 1. The van der Waals surface area contributed by atoms with Crippen molar-refractivity contribution in [2.24, 2.45) is 0 Å². The van der Waals surface area contributed by atoms with E-state index in [9.17, 15) is 0 Å². The summed E-state index contributed by atoms with van der Waals surface area (Å²) in [6, 6.07) is 15.3. The fourth-order valence-corrected chi connectivity index (χ4v) is 6.76. The fraction of sp³-hybridized carbons (Fsp3) is 0.387. The molecule has 1 aliphatic heterocycles. The number of aryl methyl sites for hydroxylation is 3. The maximum absolute atomic E-state index is 6.60. The van der Waals surface area contributed by atoms with Gasteiger partial charge in [-0.25, -0.2) is 0 Å². The summed E-state index contributed by atoms with van der Waals surface area (Å²) >= 11 is 0. The molecule has 0 fully saturated rings. The maximum atomic E-state index is 6.60. The van der Waals surface area contributed by atoms with Crippen molar-refractivity contribution in [2.75, 3.05) is 12.3 Å². The van der Waals surface area contributed by atoms with Crippen molar-refractivity contribution in [1.29, 1.82) is 0 Å². The first-order valence-corrected chi connectivity index (χ1v) is 16.7. The Hall–Kier alpha value is -3.29. The summed E-state index contributed by atoms with van der Waals surface area (Å²) in [5, 5.41) is 10.5. The van der Waals surface area contributed by atoms with Gasteiger partial charge in [0.15, 0.2) is 8.32 Å². The van der Waals surface area contributed by atoms with Crippen LogP contribution in [0.1, 0.15) is 39.2 Å². The minimum atomic E-state index is -1.75. The van der Waals surface area contributed by atoms with Crippen LogP contribution >= 0.6 is 0 Å². The molecule has 0 saturated carbocycles. The lowest BCUT2D eigenvalue weighted by atomic mass is 9.98. The number of aromatic amines is 1. The Balaban J connectivity index is 1.37. The quantitative estimate of drug-likeness (QED) is 0.170. The number of nitrogens with zero attached hydrogens (tertiary/aromatic N) is 3. The summed E-state index contributed by atoms with van der Waals surface area (Å²) in [5.41, 5.74) is 14.7. The lowest BCUT2D eigenvalue weighted by Gasteiger charge is -2.36. The number of nitrogens with one attached hydrogen (secondary N) is 1. The molecule has 1 aliphatic rings. The Kier molecular flexibility index (Phi) is 6.04. The molecule has 198 valence electrons. The van der Waals surface area contributed by atoms with Crippen molar-refractivity contribution in [3.63, 3.8) is 0 Å². The predicted molar refractivity (Wildman–Crippen MR) is 161 cm³/mol. The Bertz CT molecular complexity index is 1630. The molecule has 3 aromatic heterocycles. The summed E-state index contributed by atoms with van der Waals surface area (Å²) in [4.78, 5) is 0. The van der Waals surface area contributed by atoms with E-state index in [1.165, 1.54) is 33.8 Å². The highest BCUT2D eigenvalue weighted by Crippen LogP contribution is 2.43. The molecule has 0 unspecified atom stereocenters. The molecular weight excluding hydrogens is 486 g/mol. The van der Waals surface area contributed by atoms with E-state index >= 15 is 0 Å². The van der Waals surface area contributed by atoms with Crippen LogP contribution < -0.4 is 5.73 Å². The third-order valence-electron chi connectivity index (χ3n) is 8.75. The SMILES string of the molecule is CC(C)(C)[Si](C)(C)OCCCn1cc(-c2c(-c3cn4c5c(cccc35)CCC4)n[nH]c2N)c2ccccc21. The van der Waals surface area contributed by atoms with Crippen LogP contribution in [-0.4, -0.2) is 34.3 Å². The zero-order chi connectivity index (χ0) is 26.7. The van der Waals surface area contributed by atoms with Crippen LogP contribution in [0.3, 0.4) is 0 Å². The summed E-state index contributed by atoms with van der Waals surface area (Å²) in [7, 11) is -1.75. The Morgan fingerprint density at radius 1 is 1.03 bits per heavy atom. The van der Waals surface area contributed by atoms with Gasteiger partial charge in [-0.15, -0.1) is 0 Å². The molecule has 0 spiro atoms. The first-order valence-electron chi connectivity index (χ1n) is 13.8. The minimum Gasteiger partial charge on any atom is -0.417 e. The van der Waals surface area contributed by atoms with Crippen molar-refractivity contribution in [2.45, 2.75) is 71.3 Å². The Morgan fingerprint density at radius 3 is 2.63 bits per heavy atom. The molecule has 0 aliphatic carbocycles. The van der Waals surface area contributed by atoms with Crippen LogP contribution in [0.15, 0.2) is 54.9 Å². The smallest absolute Gasteiger partial charge is 0.191 e. The topological polar surface area (TPSA) is 73.8 Å². The summed E-state index contributed by atoms with van der Waals surface area (Å²) in [6.07, 6.45) is 7.79. The second-order valence-electron chi connectivity index (χ2n) is 12.2. The molecule has 0 amide bonds.